The third-order valence-electron chi connectivity index (χ3n) is 2.71. The summed E-state index contributed by atoms with van der Waals surface area (Å²) in [4.78, 5) is 20.2. The maximum Gasteiger partial charge on any atom is 0.251 e. The van der Waals surface area contributed by atoms with E-state index in [2.05, 4.69) is 20.6 Å². The van der Waals surface area contributed by atoms with Gasteiger partial charge in [0.1, 0.15) is 11.0 Å². The van der Waals surface area contributed by atoms with E-state index in [0.29, 0.717) is 24.3 Å². The molecule has 5 nitrogen and oxygen atoms in total. The number of nitrogens with zero attached hydrogens (tertiary/aromatic N) is 2. The normalized spacial score (nSPS) is 10.1. The van der Waals surface area contributed by atoms with Crippen LogP contribution in [0.1, 0.15) is 16.1 Å². The summed E-state index contributed by atoms with van der Waals surface area (Å²) in [5.41, 5.74) is 1.42. The number of amides is 1. The first-order chi connectivity index (χ1) is 9.69. The van der Waals surface area contributed by atoms with Crippen molar-refractivity contribution in [3.63, 3.8) is 0 Å². The highest BCUT2D eigenvalue weighted by Crippen LogP contribution is 2.13. The monoisotopic (exact) mass is 290 g/mol. The van der Waals surface area contributed by atoms with E-state index in [4.69, 9.17) is 11.6 Å². The average Bonchev–Trinajstić information content (AvgIpc) is 2.47. The van der Waals surface area contributed by atoms with Crippen molar-refractivity contribution in [2.45, 2.75) is 6.42 Å². The van der Waals surface area contributed by atoms with Crippen molar-refractivity contribution < 1.29 is 4.79 Å². The van der Waals surface area contributed by atoms with Gasteiger partial charge in [0.15, 0.2) is 0 Å². The Balaban J connectivity index is 1.93. The summed E-state index contributed by atoms with van der Waals surface area (Å²) in [7, 11) is 1.72. The quantitative estimate of drug-likeness (QED) is 0.828. The molecule has 0 saturated carbocycles. The van der Waals surface area contributed by atoms with E-state index in [0.717, 1.165) is 5.69 Å². The Bertz CT molecular complexity index is 589. The summed E-state index contributed by atoms with van der Waals surface area (Å²) in [5, 5.41) is 5.98. The highest BCUT2D eigenvalue weighted by atomic mass is 35.5. The minimum absolute atomic E-state index is 0.179. The fourth-order valence-electron chi connectivity index (χ4n) is 1.71. The molecule has 2 aromatic heterocycles. The van der Waals surface area contributed by atoms with Crippen LogP contribution in [0.3, 0.4) is 0 Å². The Hall–Kier alpha value is -2.14. The zero-order valence-corrected chi connectivity index (χ0v) is 11.8. The zero-order valence-electron chi connectivity index (χ0n) is 11.1. The molecular weight excluding hydrogens is 276 g/mol. The summed E-state index contributed by atoms with van der Waals surface area (Å²) >= 11 is 5.86. The van der Waals surface area contributed by atoms with Crippen LogP contribution in [0.4, 0.5) is 5.82 Å². The SMILES string of the molecule is CNc1cc(C(=O)NCCc2ccccn2)cc(Cl)n1. The van der Waals surface area contributed by atoms with Crippen LogP contribution in [-0.2, 0) is 6.42 Å². The van der Waals surface area contributed by atoms with Crippen molar-refractivity contribution in [2.24, 2.45) is 0 Å². The number of rotatable bonds is 5. The number of carbonyl (C=O) groups excluding carboxylic acids is 1. The molecule has 0 atom stereocenters. The molecule has 0 radical (unpaired) electrons. The van der Waals surface area contributed by atoms with E-state index in [9.17, 15) is 4.79 Å². The lowest BCUT2D eigenvalue weighted by molar-refractivity contribution is 0.0954. The number of halogens is 1. The molecule has 0 saturated heterocycles. The lowest BCUT2D eigenvalue weighted by Crippen LogP contribution is -2.26. The number of carbonyl (C=O) groups is 1. The predicted molar refractivity (Wildman–Crippen MR) is 79.1 cm³/mol. The molecule has 0 fully saturated rings. The van der Waals surface area contributed by atoms with Crippen molar-refractivity contribution in [3.05, 3.63) is 52.9 Å². The second kappa shape index (κ2) is 6.86. The largest absolute Gasteiger partial charge is 0.373 e. The van der Waals surface area contributed by atoms with E-state index < -0.39 is 0 Å². The molecule has 0 unspecified atom stereocenters. The minimum atomic E-state index is -0.179. The molecule has 0 aliphatic rings. The Morgan fingerprint density at radius 3 is 2.90 bits per heavy atom. The van der Waals surface area contributed by atoms with Gasteiger partial charge in [-0.25, -0.2) is 4.98 Å². The van der Waals surface area contributed by atoms with Crippen LogP contribution in [0, 0.1) is 0 Å². The first-order valence-corrected chi connectivity index (χ1v) is 6.60. The second-order valence-corrected chi connectivity index (χ2v) is 4.53. The van der Waals surface area contributed by atoms with Gasteiger partial charge in [-0.2, -0.15) is 0 Å². The van der Waals surface area contributed by atoms with Gasteiger partial charge in [-0.3, -0.25) is 9.78 Å². The number of nitrogens with one attached hydrogen (secondary N) is 2. The van der Waals surface area contributed by atoms with Gasteiger partial charge in [0.25, 0.3) is 5.91 Å². The van der Waals surface area contributed by atoms with Crippen LogP contribution < -0.4 is 10.6 Å². The standard InChI is InChI=1S/C14H15ClN4O/c1-16-13-9-10(8-12(15)19-13)14(20)18-7-5-11-4-2-3-6-17-11/h2-4,6,8-9H,5,7H2,1H3,(H,16,19)(H,18,20). The molecule has 0 aliphatic carbocycles. The van der Waals surface area contributed by atoms with Gasteiger partial charge >= 0.3 is 0 Å². The zero-order chi connectivity index (χ0) is 14.4. The third kappa shape index (κ3) is 3.93. The molecule has 0 aliphatic heterocycles. The number of pyridine rings is 2. The Labute approximate surface area is 122 Å². The van der Waals surface area contributed by atoms with Gasteiger partial charge < -0.3 is 10.6 Å². The van der Waals surface area contributed by atoms with E-state index in [1.807, 2.05) is 18.2 Å². The maximum atomic E-state index is 12.0. The molecule has 2 aromatic rings. The van der Waals surface area contributed by atoms with Crippen LogP contribution >= 0.6 is 11.6 Å². The van der Waals surface area contributed by atoms with Crippen LogP contribution in [0.25, 0.3) is 0 Å². The number of anilines is 1. The Kier molecular flexibility index (Phi) is 4.90. The fraction of sp³-hybridized carbons (Fsp3) is 0.214. The first-order valence-electron chi connectivity index (χ1n) is 6.22. The molecule has 2 heterocycles. The van der Waals surface area contributed by atoms with Crippen LogP contribution in [0.15, 0.2) is 36.5 Å². The Morgan fingerprint density at radius 2 is 2.20 bits per heavy atom. The minimum Gasteiger partial charge on any atom is -0.373 e. The summed E-state index contributed by atoms with van der Waals surface area (Å²) in [6.07, 6.45) is 2.42. The number of aromatic nitrogens is 2. The van der Waals surface area contributed by atoms with E-state index >= 15 is 0 Å². The average molecular weight is 291 g/mol. The molecule has 2 N–H and O–H groups in total. The Morgan fingerprint density at radius 1 is 1.35 bits per heavy atom. The van der Waals surface area contributed by atoms with Crippen molar-refractivity contribution in [3.8, 4) is 0 Å². The fourth-order valence-corrected chi connectivity index (χ4v) is 1.92. The third-order valence-corrected chi connectivity index (χ3v) is 2.90. The van der Waals surface area contributed by atoms with Gasteiger partial charge in [0.2, 0.25) is 0 Å². The van der Waals surface area contributed by atoms with Crippen molar-refractivity contribution in [1.29, 1.82) is 0 Å². The molecule has 0 spiro atoms. The molecule has 2 rings (SSSR count). The van der Waals surface area contributed by atoms with E-state index in [1.165, 1.54) is 0 Å². The smallest absolute Gasteiger partial charge is 0.251 e. The van der Waals surface area contributed by atoms with Gasteiger partial charge in [-0.05, 0) is 24.3 Å². The van der Waals surface area contributed by atoms with Crippen LogP contribution in [0.5, 0.6) is 0 Å². The molecular formula is C14H15ClN4O. The van der Waals surface area contributed by atoms with Crippen LogP contribution in [-0.4, -0.2) is 29.5 Å². The summed E-state index contributed by atoms with van der Waals surface area (Å²) in [6, 6.07) is 8.90. The highest BCUT2D eigenvalue weighted by molar-refractivity contribution is 6.29. The number of hydrogen-bond acceptors (Lipinski definition) is 4. The van der Waals surface area contributed by atoms with Crippen LogP contribution in [0.2, 0.25) is 5.15 Å². The molecule has 0 bridgehead atoms. The maximum absolute atomic E-state index is 12.0. The summed E-state index contributed by atoms with van der Waals surface area (Å²) in [5.74, 6) is 0.383. The van der Waals surface area contributed by atoms with Crippen molar-refractivity contribution in [1.82, 2.24) is 15.3 Å². The lowest BCUT2D eigenvalue weighted by atomic mass is 10.2. The highest BCUT2D eigenvalue weighted by Gasteiger charge is 2.08. The van der Waals surface area contributed by atoms with Crippen molar-refractivity contribution >= 4 is 23.3 Å². The molecule has 0 aromatic carbocycles. The molecule has 20 heavy (non-hydrogen) atoms. The van der Waals surface area contributed by atoms with Gasteiger partial charge in [-0.1, -0.05) is 17.7 Å². The van der Waals surface area contributed by atoms with Gasteiger partial charge in [0, 0.05) is 37.5 Å². The lowest BCUT2D eigenvalue weighted by Gasteiger charge is -2.07. The van der Waals surface area contributed by atoms with E-state index in [-0.39, 0.29) is 11.1 Å². The molecule has 1 amide bonds. The topological polar surface area (TPSA) is 66.9 Å². The first kappa shape index (κ1) is 14.3. The van der Waals surface area contributed by atoms with E-state index in [1.54, 1.807) is 25.4 Å². The predicted octanol–water partition coefficient (Wildman–Crippen LogP) is 2.14. The second-order valence-electron chi connectivity index (χ2n) is 4.14. The van der Waals surface area contributed by atoms with Gasteiger partial charge in [0.05, 0.1) is 0 Å². The number of hydrogen-bond donors (Lipinski definition) is 2. The van der Waals surface area contributed by atoms with Gasteiger partial charge in [-0.15, -0.1) is 0 Å². The van der Waals surface area contributed by atoms with Crippen molar-refractivity contribution in [2.75, 3.05) is 18.9 Å². The summed E-state index contributed by atoms with van der Waals surface area (Å²) in [6.45, 7) is 0.519. The summed E-state index contributed by atoms with van der Waals surface area (Å²) < 4.78 is 0. The molecule has 104 valence electrons. The molecule has 6 heteroatoms.